The smallest absolute Gasteiger partial charge is 0.253 e. The summed E-state index contributed by atoms with van der Waals surface area (Å²) in [5, 5.41) is 0. The van der Waals surface area contributed by atoms with Gasteiger partial charge >= 0.3 is 0 Å². The normalized spacial score (nSPS) is 15.3. The van der Waals surface area contributed by atoms with Crippen LogP contribution < -0.4 is 4.74 Å². The van der Waals surface area contributed by atoms with Crippen LogP contribution in [0.3, 0.4) is 0 Å². The van der Waals surface area contributed by atoms with Crippen molar-refractivity contribution in [3.8, 4) is 5.75 Å². The Bertz CT molecular complexity index is 666. The minimum atomic E-state index is -0.319. The van der Waals surface area contributed by atoms with Crippen LogP contribution in [0.15, 0.2) is 54.6 Å². The van der Waals surface area contributed by atoms with E-state index in [9.17, 15) is 9.18 Å². The Kier molecular flexibility index (Phi) is 5.47. The Morgan fingerprint density at radius 3 is 2.42 bits per heavy atom. The topological polar surface area (TPSA) is 29.5 Å². The van der Waals surface area contributed by atoms with Gasteiger partial charge in [-0.25, -0.2) is 4.39 Å². The number of amides is 1. The molecule has 0 atom stereocenters. The molecule has 0 spiro atoms. The molecule has 3 rings (SSSR count). The Morgan fingerprint density at radius 2 is 1.71 bits per heavy atom. The lowest BCUT2D eigenvalue weighted by Crippen LogP contribution is -2.38. The molecule has 3 nitrogen and oxygen atoms in total. The van der Waals surface area contributed by atoms with Gasteiger partial charge in [0.1, 0.15) is 0 Å². The van der Waals surface area contributed by atoms with E-state index >= 15 is 0 Å². The molecule has 0 saturated carbocycles. The highest BCUT2D eigenvalue weighted by atomic mass is 19.1. The van der Waals surface area contributed by atoms with Crippen LogP contribution in [0.1, 0.15) is 29.6 Å². The molecule has 1 fully saturated rings. The van der Waals surface area contributed by atoms with Crippen molar-refractivity contribution in [3.05, 3.63) is 66.0 Å². The summed E-state index contributed by atoms with van der Waals surface area (Å²) in [6.45, 7) is 2.06. The number of nitrogens with zero attached hydrogens (tertiary/aromatic N) is 1. The summed E-state index contributed by atoms with van der Waals surface area (Å²) in [4.78, 5) is 14.3. The average molecular weight is 327 g/mol. The third-order valence-corrected chi connectivity index (χ3v) is 4.54. The van der Waals surface area contributed by atoms with Crippen molar-refractivity contribution in [2.75, 3.05) is 19.7 Å². The molecule has 2 aromatic rings. The van der Waals surface area contributed by atoms with E-state index in [1.807, 2.05) is 35.2 Å². The number of benzene rings is 2. The highest BCUT2D eigenvalue weighted by Crippen LogP contribution is 2.23. The second-order valence-corrected chi connectivity index (χ2v) is 6.17. The lowest BCUT2D eigenvalue weighted by molar-refractivity contribution is 0.0679. The Labute approximate surface area is 142 Å². The number of likely N-dealkylation sites (tertiary alicyclic amines) is 1. The van der Waals surface area contributed by atoms with Gasteiger partial charge in [-0.05, 0) is 49.4 Å². The Morgan fingerprint density at radius 1 is 1.04 bits per heavy atom. The molecule has 0 unspecified atom stereocenters. The van der Waals surface area contributed by atoms with Crippen molar-refractivity contribution in [1.29, 1.82) is 0 Å². The fourth-order valence-corrected chi connectivity index (χ4v) is 3.09. The molecule has 1 heterocycles. The lowest BCUT2D eigenvalue weighted by Gasteiger charge is -2.32. The van der Waals surface area contributed by atoms with Crippen LogP contribution >= 0.6 is 0 Å². The first-order valence-corrected chi connectivity index (χ1v) is 8.45. The van der Waals surface area contributed by atoms with Gasteiger partial charge in [0.25, 0.3) is 5.91 Å². The largest absolute Gasteiger partial charge is 0.491 e. The maximum absolute atomic E-state index is 13.5. The van der Waals surface area contributed by atoms with Crippen LogP contribution in [-0.2, 0) is 0 Å². The number of halogens is 1. The molecule has 4 heteroatoms. The zero-order valence-electron chi connectivity index (χ0n) is 13.7. The molecular weight excluding hydrogens is 305 g/mol. The van der Waals surface area contributed by atoms with E-state index < -0.39 is 0 Å². The molecule has 24 heavy (non-hydrogen) atoms. The summed E-state index contributed by atoms with van der Waals surface area (Å²) >= 11 is 0. The highest BCUT2D eigenvalue weighted by Gasteiger charge is 2.23. The third kappa shape index (κ3) is 4.13. The molecule has 1 amide bonds. The van der Waals surface area contributed by atoms with Crippen LogP contribution in [0.4, 0.5) is 4.39 Å². The number of hydrogen-bond acceptors (Lipinski definition) is 2. The minimum Gasteiger partial charge on any atom is -0.491 e. The van der Waals surface area contributed by atoms with Crippen LogP contribution in [0.5, 0.6) is 5.75 Å². The van der Waals surface area contributed by atoms with Crippen LogP contribution in [-0.4, -0.2) is 30.5 Å². The predicted molar refractivity (Wildman–Crippen MR) is 91.6 cm³/mol. The van der Waals surface area contributed by atoms with Gasteiger partial charge in [-0.15, -0.1) is 0 Å². The van der Waals surface area contributed by atoms with Crippen molar-refractivity contribution < 1.29 is 13.9 Å². The zero-order valence-corrected chi connectivity index (χ0v) is 13.7. The van der Waals surface area contributed by atoms with Crippen molar-refractivity contribution in [2.45, 2.75) is 19.3 Å². The molecule has 0 bridgehead atoms. The third-order valence-electron chi connectivity index (χ3n) is 4.54. The molecule has 0 aliphatic carbocycles. The van der Waals surface area contributed by atoms with Crippen molar-refractivity contribution in [3.63, 3.8) is 0 Å². The Hall–Kier alpha value is -2.36. The number of ether oxygens (including phenoxy) is 1. The van der Waals surface area contributed by atoms with Gasteiger partial charge in [0.05, 0.1) is 6.61 Å². The van der Waals surface area contributed by atoms with Crippen LogP contribution in [0, 0.1) is 11.7 Å². The first kappa shape index (κ1) is 16.5. The second kappa shape index (κ2) is 7.95. The van der Waals surface area contributed by atoms with Gasteiger partial charge < -0.3 is 9.64 Å². The molecule has 2 aromatic carbocycles. The first-order chi connectivity index (χ1) is 11.7. The SMILES string of the molecule is O=C(c1ccccc1)N1CCC(CCOc2ccccc2F)CC1. The maximum atomic E-state index is 13.5. The summed E-state index contributed by atoms with van der Waals surface area (Å²) in [5.74, 6) is 0.628. The lowest BCUT2D eigenvalue weighted by atomic mass is 9.93. The average Bonchev–Trinajstić information content (AvgIpc) is 2.64. The summed E-state index contributed by atoms with van der Waals surface area (Å²) < 4.78 is 19.0. The molecule has 0 radical (unpaired) electrons. The van der Waals surface area contributed by atoms with E-state index in [-0.39, 0.29) is 11.7 Å². The molecule has 1 saturated heterocycles. The highest BCUT2D eigenvalue weighted by molar-refractivity contribution is 5.94. The number of carbonyl (C=O) groups is 1. The van der Waals surface area contributed by atoms with Crippen LogP contribution in [0.25, 0.3) is 0 Å². The quantitative estimate of drug-likeness (QED) is 0.826. The number of para-hydroxylation sites is 1. The van der Waals surface area contributed by atoms with Gasteiger partial charge in [-0.3, -0.25) is 4.79 Å². The molecule has 0 aromatic heterocycles. The zero-order chi connectivity index (χ0) is 16.8. The van der Waals surface area contributed by atoms with E-state index in [0.717, 1.165) is 37.9 Å². The van der Waals surface area contributed by atoms with Gasteiger partial charge in [0, 0.05) is 18.7 Å². The second-order valence-electron chi connectivity index (χ2n) is 6.17. The molecule has 1 aliphatic rings. The fourth-order valence-electron chi connectivity index (χ4n) is 3.09. The van der Waals surface area contributed by atoms with Gasteiger partial charge in [-0.2, -0.15) is 0 Å². The van der Waals surface area contributed by atoms with Gasteiger partial charge in [-0.1, -0.05) is 30.3 Å². The first-order valence-electron chi connectivity index (χ1n) is 8.45. The standard InChI is InChI=1S/C20H22FNO2/c21-18-8-4-5-9-19(18)24-15-12-16-10-13-22(14-11-16)20(23)17-6-2-1-3-7-17/h1-9,16H,10-15H2. The summed E-state index contributed by atoms with van der Waals surface area (Å²) in [6, 6.07) is 15.9. The molecule has 0 N–H and O–H groups in total. The maximum Gasteiger partial charge on any atom is 0.253 e. The van der Waals surface area contributed by atoms with Crippen molar-refractivity contribution >= 4 is 5.91 Å². The number of rotatable bonds is 5. The summed E-state index contributed by atoms with van der Waals surface area (Å²) in [7, 11) is 0. The van der Waals surface area contributed by atoms with Gasteiger partial charge in [0.15, 0.2) is 11.6 Å². The minimum absolute atomic E-state index is 0.108. The number of hydrogen-bond donors (Lipinski definition) is 0. The van der Waals surface area contributed by atoms with Crippen molar-refractivity contribution in [1.82, 2.24) is 4.90 Å². The van der Waals surface area contributed by atoms with Crippen LogP contribution in [0.2, 0.25) is 0 Å². The number of piperidine rings is 1. The fraction of sp³-hybridized carbons (Fsp3) is 0.350. The van der Waals surface area contributed by atoms with E-state index in [1.54, 1.807) is 18.2 Å². The molecular formula is C20H22FNO2. The van der Waals surface area contributed by atoms with E-state index in [2.05, 4.69) is 0 Å². The van der Waals surface area contributed by atoms with E-state index in [1.165, 1.54) is 6.07 Å². The summed E-state index contributed by atoms with van der Waals surface area (Å²) in [6.07, 6.45) is 2.83. The van der Waals surface area contributed by atoms with E-state index in [4.69, 9.17) is 4.74 Å². The monoisotopic (exact) mass is 327 g/mol. The molecule has 1 aliphatic heterocycles. The summed E-state index contributed by atoms with van der Waals surface area (Å²) in [5.41, 5.74) is 0.749. The van der Waals surface area contributed by atoms with Gasteiger partial charge in [0.2, 0.25) is 0 Å². The van der Waals surface area contributed by atoms with E-state index in [0.29, 0.717) is 18.3 Å². The predicted octanol–water partition coefficient (Wildman–Crippen LogP) is 4.15. The molecule has 126 valence electrons. The number of carbonyl (C=O) groups excluding carboxylic acids is 1. The van der Waals surface area contributed by atoms with Crippen molar-refractivity contribution in [2.24, 2.45) is 5.92 Å². The Balaban J connectivity index is 1.42.